The lowest BCUT2D eigenvalue weighted by Gasteiger charge is -2.22. The number of benzene rings is 1. The van der Waals surface area contributed by atoms with E-state index in [1.54, 1.807) is 0 Å². The summed E-state index contributed by atoms with van der Waals surface area (Å²) in [4.78, 5) is 12.4. The Morgan fingerprint density at radius 3 is 2.54 bits per heavy atom. The number of fused-ring (bicyclic) bond motifs is 1. The summed E-state index contributed by atoms with van der Waals surface area (Å²) in [6.45, 7) is 7.37. The van der Waals surface area contributed by atoms with Crippen LogP contribution in [0.3, 0.4) is 0 Å². The molecule has 5 nitrogen and oxygen atoms in total. The van der Waals surface area contributed by atoms with Gasteiger partial charge < -0.3 is 20.1 Å². The van der Waals surface area contributed by atoms with E-state index in [2.05, 4.69) is 30.5 Å². The third-order valence-corrected chi connectivity index (χ3v) is 5.06. The maximum atomic E-state index is 12.4. The molecule has 1 amide bonds. The smallest absolute Gasteiger partial charge is 0.220 e. The molecule has 0 fully saturated rings. The quantitative estimate of drug-likeness (QED) is 0.467. The average molecular weight is 391 g/mol. The zero-order valence-corrected chi connectivity index (χ0v) is 17.7. The van der Waals surface area contributed by atoms with Gasteiger partial charge in [0.2, 0.25) is 5.91 Å². The summed E-state index contributed by atoms with van der Waals surface area (Å²) in [5.74, 6) is 1.78. The van der Waals surface area contributed by atoms with Crippen molar-refractivity contribution in [1.82, 2.24) is 10.6 Å². The molecule has 1 aliphatic rings. The fourth-order valence-electron chi connectivity index (χ4n) is 3.44. The maximum Gasteiger partial charge on any atom is 0.220 e. The first-order valence-electron chi connectivity index (χ1n) is 11.1. The Balaban J connectivity index is 1.86. The van der Waals surface area contributed by atoms with E-state index >= 15 is 0 Å². The van der Waals surface area contributed by atoms with Crippen molar-refractivity contribution in [3.05, 3.63) is 23.8 Å². The Kier molecular flexibility index (Phi) is 10.8. The summed E-state index contributed by atoms with van der Waals surface area (Å²) < 4.78 is 11.3. The van der Waals surface area contributed by atoms with Crippen molar-refractivity contribution in [3.63, 3.8) is 0 Å². The summed E-state index contributed by atoms with van der Waals surface area (Å²) in [5.41, 5.74) is 1.16. The van der Waals surface area contributed by atoms with Gasteiger partial charge in [-0.05, 0) is 43.5 Å². The second kappa shape index (κ2) is 13.4. The van der Waals surface area contributed by atoms with E-state index in [9.17, 15) is 4.79 Å². The number of ether oxygens (including phenoxy) is 2. The molecule has 0 radical (unpaired) electrons. The lowest BCUT2D eigenvalue weighted by molar-refractivity contribution is -0.121. The molecule has 158 valence electrons. The van der Waals surface area contributed by atoms with Gasteiger partial charge in [0, 0.05) is 19.0 Å². The van der Waals surface area contributed by atoms with Crippen LogP contribution in [0, 0.1) is 0 Å². The topological polar surface area (TPSA) is 59.6 Å². The number of hydrogen-bond acceptors (Lipinski definition) is 4. The average Bonchev–Trinajstić information content (AvgIpc) is 2.71. The summed E-state index contributed by atoms with van der Waals surface area (Å²) in [6, 6.07) is 6.18. The Hall–Kier alpha value is -1.75. The third kappa shape index (κ3) is 8.51. The van der Waals surface area contributed by atoms with Crippen LogP contribution in [-0.2, 0) is 11.2 Å². The number of unbranched alkanes of at least 4 members (excludes halogenated alkanes) is 5. The van der Waals surface area contributed by atoms with E-state index < -0.39 is 0 Å². The van der Waals surface area contributed by atoms with Gasteiger partial charge in [-0.2, -0.15) is 0 Å². The molecule has 0 saturated heterocycles. The number of hydrogen-bond donors (Lipinski definition) is 2. The highest BCUT2D eigenvalue weighted by atomic mass is 16.6. The van der Waals surface area contributed by atoms with Crippen molar-refractivity contribution in [2.24, 2.45) is 0 Å². The number of amides is 1. The van der Waals surface area contributed by atoms with E-state index in [0.717, 1.165) is 55.8 Å². The highest BCUT2D eigenvalue weighted by Gasteiger charge is 2.16. The molecule has 0 bridgehead atoms. The third-order valence-electron chi connectivity index (χ3n) is 5.06. The molecule has 1 aromatic carbocycles. The Labute approximate surface area is 170 Å². The van der Waals surface area contributed by atoms with Crippen molar-refractivity contribution in [3.8, 4) is 11.5 Å². The molecule has 0 spiro atoms. The van der Waals surface area contributed by atoms with Gasteiger partial charge >= 0.3 is 0 Å². The minimum absolute atomic E-state index is 0.0857. The molecule has 2 rings (SSSR count). The molecule has 1 aliphatic heterocycles. The van der Waals surface area contributed by atoms with Gasteiger partial charge in [0.05, 0.1) is 0 Å². The highest BCUT2D eigenvalue weighted by Crippen LogP contribution is 2.31. The first kappa shape index (κ1) is 22.5. The summed E-state index contributed by atoms with van der Waals surface area (Å²) in [6.07, 6.45) is 9.57. The van der Waals surface area contributed by atoms with Crippen LogP contribution >= 0.6 is 0 Å². The second-order valence-electron chi connectivity index (χ2n) is 7.67. The van der Waals surface area contributed by atoms with Crippen molar-refractivity contribution in [1.29, 1.82) is 0 Å². The predicted octanol–water partition coefficient (Wildman–Crippen LogP) is 4.24. The van der Waals surface area contributed by atoms with Gasteiger partial charge in [-0.3, -0.25) is 4.79 Å². The fourth-order valence-corrected chi connectivity index (χ4v) is 3.44. The molecule has 2 N–H and O–H groups in total. The largest absolute Gasteiger partial charge is 0.486 e. The first-order valence-corrected chi connectivity index (χ1v) is 11.1. The van der Waals surface area contributed by atoms with E-state index in [1.807, 2.05) is 12.1 Å². The van der Waals surface area contributed by atoms with Gasteiger partial charge in [-0.1, -0.05) is 52.0 Å². The van der Waals surface area contributed by atoms with E-state index in [4.69, 9.17) is 9.47 Å². The van der Waals surface area contributed by atoms with Crippen molar-refractivity contribution in [2.75, 3.05) is 26.3 Å². The number of nitrogens with one attached hydrogen (secondary N) is 2. The van der Waals surface area contributed by atoms with Gasteiger partial charge in [-0.25, -0.2) is 0 Å². The predicted molar refractivity (Wildman–Crippen MR) is 114 cm³/mol. The molecule has 1 unspecified atom stereocenters. The van der Waals surface area contributed by atoms with Crippen molar-refractivity contribution < 1.29 is 14.3 Å². The fraction of sp³-hybridized carbons (Fsp3) is 0.696. The van der Waals surface area contributed by atoms with Crippen molar-refractivity contribution in [2.45, 2.75) is 77.7 Å². The summed E-state index contributed by atoms with van der Waals surface area (Å²) in [7, 11) is 0. The van der Waals surface area contributed by atoms with Crippen molar-refractivity contribution >= 4 is 5.91 Å². The Morgan fingerprint density at radius 2 is 1.75 bits per heavy atom. The monoisotopic (exact) mass is 390 g/mol. The molecule has 5 heteroatoms. The molecule has 1 aromatic rings. The molecular weight excluding hydrogens is 352 g/mol. The first-order chi connectivity index (χ1) is 13.7. The van der Waals surface area contributed by atoms with Crippen LogP contribution in [-0.4, -0.2) is 38.3 Å². The molecule has 0 aromatic heterocycles. The molecule has 0 saturated carbocycles. The van der Waals surface area contributed by atoms with Crippen LogP contribution in [0.25, 0.3) is 0 Å². The molecule has 1 heterocycles. The molecule has 0 aliphatic carbocycles. The molecule has 28 heavy (non-hydrogen) atoms. The number of rotatable bonds is 14. The van der Waals surface area contributed by atoms with Crippen LogP contribution in [0.2, 0.25) is 0 Å². The van der Waals surface area contributed by atoms with Gasteiger partial charge in [0.15, 0.2) is 11.5 Å². The second-order valence-corrected chi connectivity index (χ2v) is 7.67. The van der Waals surface area contributed by atoms with Crippen LogP contribution in [0.15, 0.2) is 18.2 Å². The number of carbonyl (C=O) groups is 1. The van der Waals surface area contributed by atoms with Gasteiger partial charge in [-0.15, -0.1) is 0 Å². The SMILES string of the molecule is CCCCCCCC(=O)NC(CNCCCC)Cc1ccc2c(c1)OCCO2. The van der Waals surface area contributed by atoms with E-state index in [-0.39, 0.29) is 11.9 Å². The zero-order valence-electron chi connectivity index (χ0n) is 17.7. The molecular formula is C23H38N2O3. The lowest BCUT2D eigenvalue weighted by Crippen LogP contribution is -2.43. The summed E-state index contributed by atoms with van der Waals surface area (Å²) >= 11 is 0. The minimum atomic E-state index is 0.0857. The van der Waals surface area contributed by atoms with Crippen LogP contribution < -0.4 is 20.1 Å². The van der Waals surface area contributed by atoms with E-state index in [1.165, 1.54) is 25.7 Å². The lowest BCUT2D eigenvalue weighted by atomic mass is 10.0. The normalized spacial score (nSPS) is 13.9. The van der Waals surface area contributed by atoms with Crippen LogP contribution in [0.4, 0.5) is 0 Å². The van der Waals surface area contributed by atoms with E-state index in [0.29, 0.717) is 19.6 Å². The highest BCUT2D eigenvalue weighted by molar-refractivity contribution is 5.76. The maximum absolute atomic E-state index is 12.4. The van der Waals surface area contributed by atoms with Crippen LogP contribution in [0.1, 0.15) is 70.8 Å². The van der Waals surface area contributed by atoms with Gasteiger partial charge in [0.1, 0.15) is 13.2 Å². The minimum Gasteiger partial charge on any atom is -0.486 e. The van der Waals surface area contributed by atoms with Gasteiger partial charge in [0.25, 0.3) is 0 Å². The Morgan fingerprint density at radius 1 is 1.00 bits per heavy atom. The van der Waals surface area contributed by atoms with Crippen LogP contribution in [0.5, 0.6) is 11.5 Å². The summed E-state index contributed by atoms with van der Waals surface area (Å²) in [5, 5.41) is 6.73. The Bertz CT molecular complexity index is 577. The molecule has 1 atom stereocenters. The zero-order chi connectivity index (χ0) is 20.0. The number of carbonyl (C=O) groups excluding carboxylic acids is 1. The standard InChI is InChI=1S/C23H38N2O3/c1-3-5-7-8-9-10-23(26)25-20(18-24-13-6-4-2)16-19-11-12-21-22(17-19)28-15-14-27-21/h11-12,17,20,24H,3-10,13-16,18H2,1-2H3,(H,25,26).